The molecule has 1 rings (SSSR count). The first-order chi connectivity index (χ1) is 6.94. The van der Waals surface area contributed by atoms with Gasteiger partial charge in [0.15, 0.2) is 0 Å². The largest absolute Gasteiger partial charge is 0.295 e. The smallest absolute Gasteiger partial charge is 0.277 e. The van der Waals surface area contributed by atoms with Crippen LogP contribution >= 0.6 is 0 Å². The lowest BCUT2D eigenvalue weighted by atomic mass is 10.1. The average Bonchev–Trinajstić information content (AvgIpc) is 2.09. The van der Waals surface area contributed by atoms with E-state index in [2.05, 4.69) is 14.8 Å². The number of carbonyl (C=O) groups is 2. The highest BCUT2D eigenvalue weighted by Crippen LogP contribution is 2.04. The molecule has 8 heteroatoms. The van der Waals surface area contributed by atoms with E-state index in [-0.39, 0.29) is 25.3 Å². The SMILES string of the molecule is CCNS(=O)(=O)NC1CCC(=O)NC1=O. The lowest BCUT2D eigenvalue weighted by molar-refractivity contribution is -0.134. The molecular weight excluding hydrogens is 222 g/mol. The van der Waals surface area contributed by atoms with Crippen molar-refractivity contribution in [1.82, 2.24) is 14.8 Å². The molecule has 15 heavy (non-hydrogen) atoms. The number of nitrogens with one attached hydrogen (secondary N) is 3. The Morgan fingerprint density at radius 3 is 2.67 bits per heavy atom. The molecule has 0 aromatic carbocycles. The molecule has 1 fully saturated rings. The van der Waals surface area contributed by atoms with Crippen LogP contribution in [0.1, 0.15) is 19.8 Å². The summed E-state index contributed by atoms with van der Waals surface area (Å²) in [5.74, 6) is -0.980. The Labute approximate surface area is 87.8 Å². The van der Waals surface area contributed by atoms with Crippen LogP contribution in [0.4, 0.5) is 0 Å². The number of hydrogen-bond donors (Lipinski definition) is 3. The second-order valence-electron chi connectivity index (χ2n) is 3.12. The van der Waals surface area contributed by atoms with Crippen molar-refractivity contribution in [3.05, 3.63) is 0 Å². The Morgan fingerprint density at radius 2 is 2.13 bits per heavy atom. The van der Waals surface area contributed by atoms with Crippen molar-refractivity contribution in [2.75, 3.05) is 6.54 Å². The standard InChI is InChI=1S/C7H13N3O4S/c1-2-8-15(13,14)10-5-3-4-6(11)9-7(5)12/h5,8,10H,2-4H2,1H3,(H,9,11,12). The van der Waals surface area contributed by atoms with E-state index < -0.39 is 22.2 Å². The van der Waals surface area contributed by atoms with Gasteiger partial charge in [-0.15, -0.1) is 0 Å². The lowest BCUT2D eigenvalue weighted by Crippen LogP contribution is -2.54. The Morgan fingerprint density at radius 1 is 1.47 bits per heavy atom. The molecule has 0 spiro atoms. The topological polar surface area (TPSA) is 104 Å². The molecule has 1 atom stereocenters. The maximum atomic E-state index is 11.2. The van der Waals surface area contributed by atoms with Crippen molar-refractivity contribution in [2.45, 2.75) is 25.8 Å². The monoisotopic (exact) mass is 235 g/mol. The number of imide groups is 1. The summed E-state index contributed by atoms with van der Waals surface area (Å²) >= 11 is 0. The van der Waals surface area contributed by atoms with E-state index in [1.54, 1.807) is 6.92 Å². The summed E-state index contributed by atoms with van der Waals surface area (Å²) in [7, 11) is -3.65. The van der Waals surface area contributed by atoms with Gasteiger partial charge in [-0.25, -0.2) is 4.72 Å². The van der Waals surface area contributed by atoms with Crippen LogP contribution in [0.2, 0.25) is 0 Å². The molecule has 0 bridgehead atoms. The van der Waals surface area contributed by atoms with Crippen molar-refractivity contribution in [3.63, 3.8) is 0 Å². The van der Waals surface area contributed by atoms with Gasteiger partial charge in [0, 0.05) is 13.0 Å². The van der Waals surface area contributed by atoms with Gasteiger partial charge in [-0.05, 0) is 6.42 Å². The quantitative estimate of drug-likeness (QED) is 0.502. The van der Waals surface area contributed by atoms with Crippen molar-refractivity contribution < 1.29 is 18.0 Å². The molecule has 1 unspecified atom stereocenters. The number of amides is 2. The summed E-state index contributed by atoms with van der Waals surface area (Å²) < 4.78 is 26.8. The van der Waals surface area contributed by atoms with E-state index in [4.69, 9.17) is 0 Å². The maximum absolute atomic E-state index is 11.2. The van der Waals surface area contributed by atoms with Crippen LogP contribution in [0.5, 0.6) is 0 Å². The summed E-state index contributed by atoms with van der Waals surface area (Å²) in [4.78, 5) is 22.0. The molecular formula is C7H13N3O4S. The zero-order valence-corrected chi connectivity index (χ0v) is 9.06. The van der Waals surface area contributed by atoms with Gasteiger partial charge >= 0.3 is 0 Å². The third-order valence-corrected chi connectivity index (χ3v) is 3.13. The third-order valence-electron chi connectivity index (χ3n) is 1.87. The fourth-order valence-corrected chi connectivity index (χ4v) is 2.29. The average molecular weight is 235 g/mol. The van der Waals surface area contributed by atoms with Gasteiger partial charge in [0.1, 0.15) is 6.04 Å². The molecule has 0 radical (unpaired) electrons. The van der Waals surface area contributed by atoms with Gasteiger partial charge in [-0.3, -0.25) is 14.9 Å². The molecule has 7 nitrogen and oxygen atoms in total. The highest BCUT2D eigenvalue weighted by atomic mass is 32.2. The van der Waals surface area contributed by atoms with E-state index in [1.807, 2.05) is 0 Å². The fraction of sp³-hybridized carbons (Fsp3) is 0.714. The summed E-state index contributed by atoms with van der Waals surface area (Å²) in [6, 6.07) is -0.869. The van der Waals surface area contributed by atoms with E-state index >= 15 is 0 Å². The van der Waals surface area contributed by atoms with Gasteiger partial charge in [-0.2, -0.15) is 13.1 Å². The molecule has 1 saturated heterocycles. The zero-order chi connectivity index (χ0) is 11.5. The van der Waals surface area contributed by atoms with E-state index in [1.165, 1.54) is 0 Å². The summed E-state index contributed by atoms with van der Waals surface area (Å²) in [6.45, 7) is 1.87. The molecule has 3 N–H and O–H groups in total. The summed E-state index contributed by atoms with van der Waals surface area (Å²) in [6.07, 6.45) is 0.334. The number of rotatable bonds is 4. The minimum absolute atomic E-state index is 0.144. The van der Waals surface area contributed by atoms with Gasteiger partial charge in [0.05, 0.1) is 0 Å². The second kappa shape index (κ2) is 4.69. The summed E-state index contributed by atoms with van der Waals surface area (Å²) in [5.41, 5.74) is 0. The molecule has 1 aliphatic rings. The van der Waals surface area contributed by atoms with Crippen LogP contribution in [-0.4, -0.2) is 32.8 Å². The molecule has 86 valence electrons. The molecule has 0 aliphatic carbocycles. The van der Waals surface area contributed by atoms with Crippen LogP contribution in [0, 0.1) is 0 Å². The van der Waals surface area contributed by atoms with Crippen molar-refractivity contribution >= 4 is 22.0 Å². The minimum Gasteiger partial charge on any atom is -0.295 e. The van der Waals surface area contributed by atoms with Crippen LogP contribution in [0.15, 0.2) is 0 Å². The maximum Gasteiger partial charge on any atom is 0.277 e. The van der Waals surface area contributed by atoms with E-state index in [0.29, 0.717) is 0 Å². The second-order valence-corrected chi connectivity index (χ2v) is 4.65. The molecule has 0 saturated carbocycles. The summed E-state index contributed by atoms with van der Waals surface area (Å²) in [5, 5.41) is 2.06. The first-order valence-corrected chi connectivity index (χ1v) is 6.03. The fourth-order valence-electron chi connectivity index (χ4n) is 1.22. The zero-order valence-electron chi connectivity index (χ0n) is 8.24. The van der Waals surface area contributed by atoms with Gasteiger partial charge in [0.25, 0.3) is 10.2 Å². The molecule has 2 amide bonds. The Balaban J connectivity index is 2.59. The van der Waals surface area contributed by atoms with Crippen LogP contribution in [0.3, 0.4) is 0 Å². The highest BCUT2D eigenvalue weighted by molar-refractivity contribution is 7.87. The van der Waals surface area contributed by atoms with Gasteiger partial charge in [0.2, 0.25) is 11.8 Å². The van der Waals surface area contributed by atoms with Crippen molar-refractivity contribution in [1.29, 1.82) is 0 Å². The van der Waals surface area contributed by atoms with Crippen molar-refractivity contribution in [3.8, 4) is 0 Å². The molecule has 0 aromatic rings. The first kappa shape index (κ1) is 12.1. The third kappa shape index (κ3) is 3.57. The normalized spacial score (nSPS) is 22.6. The first-order valence-electron chi connectivity index (χ1n) is 4.55. The van der Waals surface area contributed by atoms with Crippen molar-refractivity contribution in [2.24, 2.45) is 0 Å². The number of hydrogen-bond acceptors (Lipinski definition) is 4. The Hall–Kier alpha value is -0.990. The Kier molecular flexibility index (Phi) is 3.77. The van der Waals surface area contributed by atoms with Crippen LogP contribution < -0.4 is 14.8 Å². The predicted octanol–water partition coefficient (Wildman–Crippen LogP) is -1.76. The minimum atomic E-state index is -3.65. The Bertz CT molecular complexity index is 364. The molecule has 0 aromatic heterocycles. The predicted molar refractivity (Wildman–Crippen MR) is 51.9 cm³/mol. The number of piperidine rings is 1. The molecule has 1 aliphatic heterocycles. The van der Waals surface area contributed by atoms with Crippen LogP contribution in [-0.2, 0) is 19.8 Å². The van der Waals surface area contributed by atoms with Gasteiger partial charge in [-0.1, -0.05) is 6.92 Å². The van der Waals surface area contributed by atoms with Crippen LogP contribution in [0.25, 0.3) is 0 Å². The van der Waals surface area contributed by atoms with E-state index in [9.17, 15) is 18.0 Å². The number of carbonyl (C=O) groups excluding carboxylic acids is 2. The lowest BCUT2D eigenvalue weighted by Gasteiger charge is -2.21. The van der Waals surface area contributed by atoms with E-state index in [0.717, 1.165) is 0 Å². The van der Waals surface area contributed by atoms with Gasteiger partial charge < -0.3 is 0 Å². The molecule has 1 heterocycles. The highest BCUT2D eigenvalue weighted by Gasteiger charge is 2.29.